The summed E-state index contributed by atoms with van der Waals surface area (Å²) in [4.78, 5) is 12.2. The Kier molecular flexibility index (Phi) is 5.27. The number of carbonyl (C=O) groups is 1. The van der Waals surface area contributed by atoms with Crippen molar-refractivity contribution in [2.45, 2.75) is 31.3 Å². The van der Waals surface area contributed by atoms with Crippen LogP contribution in [-0.4, -0.2) is 38.6 Å². The first-order valence-electron chi connectivity index (χ1n) is 8.70. The molecule has 0 aromatic heterocycles. The average molecular weight is 390 g/mol. The molecule has 1 aliphatic heterocycles. The van der Waals surface area contributed by atoms with Crippen LogP contribution in [0.1, 0.15) is 18.9 Å². The Morgan fingerprint density at radius 1 is 1.30 bits per heavy atom. The maximum Gasteiger partial charge on any atom is 0.268 e. The van der Waals surface area contributed by atoms with Crippen molar-refractivity contribution in [2.24, 2.45) is 0 Å². The van der Waals surface area contributed by atoms with Gasteiger partial charge < -0.3 is 15.2 Å². The van der Waals surface area contributed by atoms with Crippen LogP contribution < -0.4 is 14.4 Å². The summed E-state index contributed by atoms with van der Waals surface area (Å²) < 4.78 is 33.4. The van der Waals surface area contributed by atoms with E-state index in [1.165, 1.54) is 12.1 Å². The van der Waals surface area contributed by atoms with E-state index in [1.54, 1.807) is 37.3 Å². The highest BCUT2D eigenvalue weighted by Gasteiger charge is 2.38. The fourth-order valence-corrected chi connectivity index (χ4v) is 4.52. The van der Waals surface area contributed by atoms with E-state index in [9.17, 15) is 18.3 Å². The monoisotopic (exact) mass is 390 g/mol. The van der Waals surface area contributed by atoms with Crippen molar-refractivity contribution in [1.29, 1.82) is 0 Å². The lowest BCUT2D eigenvalue weighted by atomic mass is 10.2. The van der Waals surface area contributed by atoms with Gasteiger partial charge >= 0.3 is 0 Å². The van der Waals surface area contributed by atoms with E-state index in [0.29, 0.717) is 23.5 Å². The first kappa shape index (κ1) is 19.0. The predicted molar refractivity (Wildman–Crippen MR) is 102 cm³/mol. The molecule has 1 heterocycles. The Labute approximate surface area is 158 Å². The second-order valence-electron chi connectivity index (χ2n) is 6.37. The van der Waals surface area contributed by atoms with E-state index < -0.39 is 16.1 Å². The van der Waals surface area contributed by atoms with Gasteiger partial charge in [-0.05, 0) is 43.2 Å². The first-order chi connectivity index (χ1) is 12.8. The van der Waals surface area contributed by atoms with Gasteiger partial charge in [-0.25, -0.2) is 8.42 Å². The van der Waals surface area contributed by atoms with Gasteiger partial charge in [0.2, 0.25) is 0 Å². The van der Waals surface area contributed by atoms with Crippen LogP contribution in [0, 0.1) is 6.92 Å². The maximum absolute atomic E-state index is 13.3. The standard InChI is InChI=1S/C19H22N2O5S/c1-3-10-20-19(23)17-12-21(14-6-4-5-7-16(14)26-17)27(24,25)18-11-13(2)8-9-15(18)22/h4-9,11,17,22H,3,10,12H2,1-2H3,(H,20,23). The van der Waals surface area contributed by atoms with Gasteiger partial charge in [0.05, 0.1) is 12.2 Å². The van der Waals surface area contributed by atoms with E-state index in [1.807, 2.05) is 6.92 Å². The van der Waals surface area contributed by atoms with Gasteiger partial charge in [0.15, 0.2) is 6.10 Å². The molecule has 144 valence electrons. The Morgan fingerprint density at radius 3 is 2.78 bits per heavy atom. The van der Waals surface area contributed by atoms with Crippen LogP contribution in [-0.2, 0) is 14.8 Å². The number of phenolic OH excluding ortho intramolecular Hbond substituents is 1. The van der Waals surface area contributed by atoms with Crippen molar-refractivity contribution < 1.29 is 23.1 Å². The summed E-state index contributed by atoms with van der Waals surface area (Å²) in [7, 11) is -4.09. The number of sulfonamides is 1. The number of carbonyl (C=O) groups excluding carboxylic acids is 1. The van der Waals surface area contributed by atoms with Gasteiger partial charge in [-0.3, -0.25) is 9.10 Å². The second-order valence-corrected chi connectivity index (χ2v) is 8.20. The molecule has 0 bridgehead atoms. The highest BCUT2D eigenvalue weighted by atomic mass is 32.2. The van der Waals surface area contributed by atoms with Gasteiger partial charge in [-0.2, -0.15) is 0 Å². The van der Waals surface area contributed by atoms with Gasteiger partial charge in [-0.15, -0.1) is 0 Å². The number of ether oxygens (including phenoxy) is 1. The zero-order chi connectivity index (χ0) is 19.6. The molecular weight excluding hydrogens is 368 g/mol. The summed E-state index contributed by atoms with van der Waals surface area (Å²) in [6.45, 7) is 3.97. The molecule has 1 atom stereocenters. The van der Waals surface area contributed by atoms with Crippen molar-refractivity contribution >= 4 is 21.6 Å². The first-order valence-corrected chi connectivity index (χ1v) is 10.1. The smallest absolute Gasteiger partial charge is 0.268 e. The molecule has 2 aromatic carbocycles. The number of anilines is 1. The van der Waals surface area contributed by atoms with Gasteiger partial charge in [0, 0.05) is 6.54 Å². The van der Waals surface area contributed by atoms with Gasteiger partial charge in [0.1, 0.15) is 16.4 Å². The third-order valence-corrected chi connectivity index (χ3v) is 6.07. The molecule has 1 amide bonds. The highest BCUT2D eigenvalue weighted by molar-refractivity contribution is 7.93. The lowest BCUT2D eigenvalue weighted by Gasteiger charge is -2.34. The maximum atomic E-state index is 13.3. The summed E-state index contributed by atoms with van der Waals surface area (Å²) in [5, 5.41) is 12.9. The Bertz CT molecular complexity index is 958. The van der Waals surface area contributed by atoms with Crippen molar-refractivity contribution in [3.8, 4) is 11.5 Å². The number of fused-ring (bicyclic) bond motifs is 1. The van der Waals surface area contributed by atoms with E-state index in [0.717, 1.165) is 10.7 Å². The molecule has 8 heteroatoms. The molecule has 0 saturated carbocycles. The van der Waals surface area contributed by atoms with Gasteiger partial charge in [-0.1, -0.05) is 25.1 Å². The SMILES string of the molecule is CCCNC(=O)C1CN(S(=O)(=O)c2cc(C)ccc2O)c2ccccc2O1. The minimum absolute atomic E-state index is 0.178. The Morgan fingerprint density at radius 2 is 2.04 bits per heavy atom. The van der Waals surface area contributed by atoms with Crippen LogP contribution in [0.15, 0.2) is 47.4 Å². The third-order valence-electron chi connectivity index (χ3n) is 4.26. The number of nitrogens with zero attached hydrogens (tertiary/aromatic N) is 1. The minimum atomic E-state index is -4.09. The number of phenols is 1. The van der Waals surface area contributed by atoms with Crippen LogP contribution in [0.3, 0.4) is 0 Å². The molecule has 0 fully saturated rings. The molecule has 0 spiro atoms. The van der Waals surface area contributed by atoms with E-state index in [4.69, 9.17) is 4.74 Å². The largest absolute Gasteiger partial charge is 0.507 e. The van der Waals surface area contributed by atoms with Crippen LogP contribution in [0.5, 0.6) is 11.5 Å². The molecule has 1 aliphatic rings. The number of rotatable bonds is 5. The molecule has 0 radical (unpaired) electrons. The van der Waals surface area contributed by atoms with Crippen LogP contribution in [0.25, 0.3) is 0 Å². The number of nitrogens with one attached hydrogen (secondary N) is 1. The Hall–Kier alpha value is -2.74. The zero-order valence-electron chi connectivity index (χ0n) is 15.2. The molecule has 2 N–H and O–H groups in total. The number of hydrogen-bond donors (Lipinski definition) is 2. The number of aromatic hydroxyl groups is 1. The summed E-state index contributed by atoms with van der Waals surface area (Å²) in [6.07, 6.45) is -0.220. The fraction of sp³-hybridized carbons (Fsp3) is 0.316. The van der Waals surface area contributed by atoms with Crippen LogP contribution in [0.2, 0.25) is 0 Å². The van der Waals surface area contributed by atoms with Crippen LogP contribution in [0.4, 0.5) is 5.69 Å². The summed E-state index contributed by atoms with van der Waals surface area (Å²) in [5.74, 6) is -0.410. The predicted octanol–water partition coefficient (Wildman–Crippen LogP) is 2.18. The fourth-order valence-electron chi connectivity index (χ4n) is 2.88. The minimum Gasteiger partial charge on any atom is -0.507 e. The molecule has 0 saturated heterocycles. The average Bonchev–Trinajstić information content (AvgIpc) is 2.66. The Balaban J connectivity index is 2.04. The summed E-state index contributed by atoms with van der Waals surface area (Å²) in [6, 6.07) is 11.0. The number of benzene rings is 2. The van der Waals surface area contributed by atoms with Crippen LogP contribution >= 0.6 is 0 Å². The molecule has 7 nitrogen and oxygen atoms in total. The molecule has 2 aromatic rings. The second kappa shape index (κ2) is 7.48. The highest BCUT2D eigenvalue weighted by Crippen LogP contribution is 2.38. The zero-order valence-corrected chi connectivity index (χ0v) is 16.0. The topological polar surface area (TPSA) is 95.9 Å². The number of aryl methyl sites for hydroxylation is 1. The molecule has 27 heavy (non-hydrogen) atoms. The number of hydrogen-bond acceptors (Lipinski definition) is 5. The summed E-state index contributed by atoms with van der Waals surface area (Å²) >= 11 is 0. The normalized spacial score (nSPS) is 16.4. The molecule has 3 rings (SSSR count). The summed E-state index contributed by atoms with van der Waals surface area (Å²) in [5.41, 5.74) is 1.03. The quantitative estimate of drug-likeness (QED) is 0.816. The number of amides is 1. The molecular formula is C19H22N2O5S. The van der Waals surface area contributed by atoms with Crippen molar-refractivity contribution in [2.75, 3.05) is 17.4 Å². The number of para-hydroxylation sites is 2. The molecule has 1 unspecified atom stereocenters. The lowest BCUT2D eigenvalue weighted by Crippen LogP contribution is -2.50. The van der Waals surface area contributed by atoms with E-state index in [-0.39, 0.29) is 23.1 Å². The van der Waals surface area contributed by atoms with Crippen molar-refractivity contribution in [1.82, 2.24) is 5.32 Å². The van der Waals surface area contributed by atoms with E-state index in [2.05, 4.69) is 5.32 Å². The van der Waals surface area contributed by atoms with Gasteiger partial charge in [0.25, 0.3) is 15.9 Å². The lowest BCUT2D eigenvalue weighted by molar-refractivity contribution is -0.127. The third kappa shape index (κ3) is 3.71. The van der Waals surface area contributed by atoms with E-state index >= 15 is 0 Å². The van der Waals surface area contributed by atoms with Crippen molar-refractivity contribution in [3.63, 3.8) is 0 Å². The molecule has 0 aliphatic carbocycles. The van der Waals surface area contributed by atoms with Crippen molar-refractivity contribution in [3.05, 3.63) is 48.0 Å².